The van der Waals surface area contributed by atoms with Gasteiger partial charge in [0.25, 0.3) is 0 Å². The molecule has 1 aromatic rings. The highest BCUT2D eigenvalue weighted by Gasteiger charge is 2.02. The Morgan fingerprint density at radius 2 is 2.00 bits per heavy atom. The first-order valence-corrected chi connectivity index (χ1v) is 7.17. The minimum absolute atomic E-state index is 0.655. The van der Waals surface area contributed by atoms with E-state index in [-0.39, 0.29) is 0 Å². The number of hydrogen-bond donors (Lipinski definition) is 1. The molecule has 4 nitrogen and oxygen atoms in total. The van der Waals surface area contributed by atoms with Crippen molar-refractivity contribution >= 4 is 15.9 Å². The van der Waals surface area contributed by atoms with Gasteiger partial charge in [0.1, 0.15) is 5.75 Å². The summed E-state index contributed by atoms with van der Waals surface area (Å²) < 4.78 is 16.7. The van der Waals surface area contributed by atoms with Crippen molar-refractivity contribution in [1.82, 2.24) is 5.32 Å². The lowest BCUT2D eigenvalue weighted by Crippen LogP contribution is -2.17. The quantitative estimate of drug-likeness (QED) is 0.669. The van der Waals surface area contributed by atoms with Crippen LogP contribution in [0.4, 0.5) is 0 Å². The van der Waals surface area contributed by atoms with E-state index in [2.05, 4.69) is 27.3 Å². The lowest BCUT2D eigenvalue weighted by atomic mass is 10.2. The molecule has 0 unspecified atom stereocenters. The number of hydrogen-bond acceptors (Lipinski definition) is 4. The van der Waals surface area contributed by atoms with Crippen LogP contribution in [-0.4, -0.2) is 40.6 Å². The zero-order valence-electron chi connectivity index (χ0n) is 11.6. The van der Waals surface area contributed by atoms with E-state index in [1.54, 1.807) is 14.2 Å². The van der Waals surface area contributed by atoms with Crippen LogP contribution < -0.4 is 10.1 Å². The molecule has 0 saturated heterocycles. The fraction of sp³-hybridized carbons (Fsp3) is 0.571. The van der Waals surface area contributed by atoms with E-state index in [0.29, 0.717) is 13.2 Å². The third kappa shape index (κ3) is 6.92. The minimum Gasteiger partial charge on any atom is -0.496 e. The van der Waals surface area contributed by atoms with Gasteiger partial charge in [-0.1, -0.05) is 15.9 Å². The molecule has 0 heterocycles. The molecule has 5 heteroatoms. The number of halogens is 1. The molecule has 0 aliphatic heterocycles. The van der Waals surface area contributed by atoms with E-state index < -0.39 is 0 Å². The van der Waals surface area contributed by atoms with Crippen molar-refractivity contribution in [2.45, 2.75) is 13.0 Å². The van der Waals surface area contributed by atoms with Gasteiger partial charge in [-0.2, -0.15) is 0 Å². The Hall–Kier alpha value is -0.620. The number of nitrogens with one attached hydrogen (secondary N) is 1. The fourth-order valence-electron chi connectivity index (χ4n) is 1.65. The first kappa shape index (κ1) is 16.4. The van der Waals surface area contributed by atoms with Gasteiger partial charge in [-0.05, 0) is 31.2 Å². The molecule has 0 spiro atoms. The highest BCUT2D eigenvalue weighted by molar-refractivity contribution is 9.10. The maximum Gasteiger partial charge on any atom is 0.123 e. The van der Waals surface area contributed by atoms with Crippen molar-refractivity contribution in [3.8, 4) is 5.75 Å². The maximum atomic E-state index is 5.39. The second kappa shape index (κ2) is 10.2. The summed E-state index contributed by atoms with van der Waals surface area (Å²) in [7, 11) is 3.37. The Morgan fingerprint density at radius 3 is 2.74 bits per heavy atom. The molecule has 0 atom stereocenters. The summed E-state index contributed by atoms with van der Waals surface area (Å²) in [4.78, 5) is 0. The van der Waals surface area contributed by atoms with Crippen LogP contribution in [0, 0.1) is 0 Å². The van der Waals surface area contributed by atoms with Crippen molar-refractivity contribution in [1.29, 1.82) is 0 Å². The van der Waals surface area contributed by atoms with Crippen LogP contribution >= 0.6 is 15.9 Å². The smallest absolute Gasteiger partial charge is 0.123 e. The predicted octanol–water partition coefficient (Wildman–Crippen LogP) is 2.60. The third-order valence-electron chi connectivity index (χ3n) is 2.63. The van der Waals surface area contributed by atoms with Crippen LogP contribution in [0.3, 0.4) is 0 Å². The molecular formula is C14H22BrNO3. The van der Waals surface area contributed by atoms with Gasteiger partial charge in [-0.25, -0.2) is 0 Å². The first-order chi connectivity index (χ1) is 9.27. The largest absolute Gasteiger partial charge is 0.496 e. The number of ether oxygens (including phenoxy) is 3. The van der Waals surface area contributed by atoms with E-state index in [9.17, 15) is 0 Å². The van der Waals surface area contributed by atoms with Crippen LogP contribution in [0.25, 0.3) is 0 Å². The molecule has 0 aliphatic carbocycles. The number of rotatable bonds is 10. The standard InChI is InChI=1S/C14H22BrNO3/c1-17-8-9-19-7-3-6-16-11-12-10-13(15)4-5-14(12)18-2/h4-5,10,16H,3,6-9,11H2,1-2H3. The second-order valence-corrected chi connectivity index (χ2v) is 5.01. The van der Waals surface area contributed by atoms with Crippen LogP contribution in [-0.2, 0) is 16.0 Å². The number of methoxy groups -OCH3 is 2. The monoisotopic (exact) mass is 331 g/mol. The molecule has 0 radical (unpaired) electrons. The Balaban J connectivity index is 2.17. The van der Waals surface area contributed by atoms with Gasteiger partial charge in [0.15, 0.2) is 0 Å². The normalized spacial score (nSPS) is 10.7. The lowest BCUT2D eigenvalue weighted by molar-refractivity contribution is 0.0694. The topological polar surface area (TPSA) is 39.7 Å². The van der Waals surface area contributed by atoms with Crippen LogP contribution in [0.5, 0.6) is 5.75 Å². The summed E-state index contributed by atoms with van der Waals surface area (Å²) in [6, 6.07) is 6.02. The summed E-state index contributed by atoms with van der Waals surface area (Å²) in [5.74, 6) is 0.909. The molecule has 1 N–H and O–H groups in total. The van der Waals surface area contributed by atoms with E-state index in [4.69, 9.17) is 14.2 Å². The first-order valence-electron chi connectivity index (χ1n) is 6.37. The van der Waals surface area contributed by atoms with E-state index in [0.717, 1.165) is 41.9 Å². The van der Waals surface area contributed by atoms with Gasteiger partial charge in [0.05, 0.1) is 20.3 Å². The van der Waals surface area contributed by atoms with E-state index in [1.807, 2.05) is 12.1 Å². The molecule has 108 valence electrons. The molecule has 0 saturated carbocycles. The third-order valence-corrected chi connectivity index (χ3v) is 3.13. The molecule has 0 aromatic heterocycles. The Bertz CT molecular complexity index is 361. The summed E-state index contributed by atoms with van der Waals surface area (Å²) >= 11 is 3.47. The van der Waals surface area contributed by atoms with Crippen LogP contribution in [0.15, 0.2) is 22.7 Å². The van der Waals surface area contributed by atoms with E-state index >= 15 is 0 Å². The van der Waals surface area contributed by atoms with Crippen molar-refractivity contribution in [3.63, 3.8) is 0 Å². The van der Waals surface area contributed by atoms with Crippen LogP contribution in [0.1, 0.15) is 12.0 Å². The average Bonchev–Trinajstić information content (AvgIpc) is 2.42. The molecule has 1 aromatic carbocycles. The van der Waals surface area contributed by atoms with Gasteiger partial charge in [0.2, 0.25) is 0 Å². The summed E-state index contributed by atoms with van der Waals surface area (Å²) in [5.41, 5.74) is 1.15. The van der Waals surface area contributed by atoms with Crippen molar-refractivity contribution in [2.75, 3.05) is 40.6 Å². The zero-order valence-corrected chi connectivity index (χ0v) is 13.2. The van der Waals surface area contributed by atoms with E-state index in [1.165, 1.54) is 0 Å². The van der Waals surface area contributed by atoms with Gasteiger partial charge >= 0.3 is 0 Å². The second-order valence-electron chi connectivity index (χ2n) is 4.09. The van der Waals surface area contributed by atoms with Gasteiger partial charge in [0, 0.05) is 30.3 Å². The highest BCUT2D eigenvalue weighted by Crippen LogP contribution is 2.22. The minimum atomic E-state index is 0.655. The molecule has 0 bridgehead atoms. The van der Waals surface area contributed by atoms with Gasteiger partial charge in [-0.3, -0.25) is 0 Å². The van der Waals surface area contributed by atoms with Crippen molar-refractivity contribution in [2.24, 2.45) is 0 Å². The summed E-state index contributed by atoms with van der Waals surface area (Å²) in [6.07, 6.45) is 0.986. The molecular weight excluding hydrogens is 310 g/mol. The summed E-state index contributed by atoms with van der Waals surface area (Å²) in [5, 5.41) is 3.38. The molecule has 0 amide bonds. The number of benzene rings is 1. The van der Waals surface area contributed by atoms with Crippen molar-refractivity contribution < 1.29 is 14.2 Å². The average molecular weight is 332 g/mol. The zero-order chi connectivity index (χ0) is 13.9. The fourth-order valence-corrected chi connectivity index (χ4v) is 2.06. The van der Waals surface area contributed by atoms with Crippen molar-refractivity contribution in [3.05, 3.63) is 28.2 Å². The van der Waals surface area contributed by atoms with Gasteiger partial charge < -0.3 is 19.5 Å². The molecule has 19 heavy (non-hydrogen) atoms. The van der Waals surface area contributed by atoms with Crippen LogP contribution in [0.2, 0.25) is 0 Å². The SMILES string of the molecule is COCCOCCCNCc1cc(Br)ccc1OC. The Morgan fingerprint density at radius 1 is 1.16 bits per heavy atom. The Labute approximate surface area is 123 Å². The molecule has 0 fully saturated rings. The Kier molecular flexibility index (Phi) is 8.82. The molecule has 0 aliphatic rings. The predicted molar refractivity (Wildman–Crippen MR) is 79.7 cm³/mol. The maximum absolute atomic E-state index is 5.39. The summed E-state index contributed by atoms with van der Waals surface area (Å²) in [6.45, 7) is 3.79. The molecule has 1 rings (SSSR count). The van der Waals surface area contributed by atoms with Gasteiger partial charge in [-0.15, -0.1) is 0 Å². The highest BCUT2D eigenvalue weighted by atomic mass is 79.9. The lowest BCUT2D eigenvalue weighted by Gasteiger charge is -2.10.